The van der Waals surface area contributed by atoms with E-state index < -0.39 is 0 Å². The van der Waals surface area contributed by atoms with Gasteiger partial charge in [-0.2, -0.15) is 0 Å². The number of benzene rings is 1. The van der Waals surface area contributed by atoms with Crippen molar-refractivity contribution in [1.29, 1.82) is 0 Å². The van der Waals surface area contributed by atoms with Crippen LogP contribution in [0.1, 0.15) is 36.8 Å². The number of piperazine rings is 2. The Labute approximate surface area is 167 Å². The number of alkyl halides is 1. The minimum absolute atomic E-state index is 0.551. The molecule has 0 aromatic heterocycles. The zero-order valence-electron chi connectivity index (χ0n) is 15.9. The first-order valence-corrected chi connectivity index (χ1v) is 11.6. The Balaban J connectivity index is 1.21. The number of aryl methyl sites for hydroxylation is 1. The Bertz CT molecular complexity index is 555. The molecule has 2 unspecified atom stereocenters. The van der Waals surface area contributed by atoms with E-state index >= 15 is 0 Å². The lowest BCUT2D eigenvalue weighted by atomic mass is 10.0. The van der Waals surface area contributed by atoms with Gasteiger partial charge in [0.2, 0.25) is 0 Å². The highest BCUT2D eigenvalue weighted by molar-refractivity contribution is 9.08. The van der Waals surface area contributed by atoms with Gasteiger partial charge in [-0.25, -0.2) is 0 Å². The van der Waals surface area contributed by atoms with Gasteiger partial charge in [-0.1, -0.05) is 46.6 Å². The highest BCUT2D eigenvalue weighted by Crippen LogP contribution is 2.25. The number of rotatable bonds is 7. The molecule has 4 rings (SSSR count). The molecule has 1 N–H and O–H groups in total. The molecule has 0 amide bonds. The second kappa shape index (κ2) is 9.16. The van der Waals surface area contributed by atoms with Crippen LogP contribution >= 0.6 is 15.9 Å². The van der Waals surface area contributed by atoms with Crippen molar-refractivity contribution in [3.63, 3.8) is 0 Å². The van der Waals surface area contributed by atoms with Gasteiger partial charge in [0.1, 0.15) is 0 Å². The molecule has 0 aliphatic carbocycles. The van der Waals surface area contributed by atoms with Gasteiger partial charge in [0, 0.05) is 44.6 Å². The lowest BCUT2D eigenvalue weighted by molar-refractivity contribution is -0.115. The van der Waals surface area contributed by atoms with E-state index in [1.807, 2.05) is 0 Å². The van der Waals surface area contributed by atoms with Crippen LogP contribution in [0.3, 0.4) is 0 Å². The molecule has 26 heavy (non-hydrogen) atoms. The summed E-state index contributed by atoms with van der Waals surface area (Å²) in [6.07, 6.45) is 7.70. The lowest BCUT2D eigenvalue weighted by Crippen LogP contribution is -2.75. The summed E-state index contributed by atoms with van der Waals surface area (Å²) in [5.74, 6) is 0. The second-order valence-corrected chi connectivity index (χ2v) is 8.60. The molecule has 0 radical (unpaired) electrons. The normalized spacial score (nSPS) is 27.4. The van der Waals surface area contributed by atoms with Crippen LogP contribution in [-0.4, -0.2) is 72.8 Å². The standard InChI is InChI=1S/C21H33BrN4/c22-17-19-8-6-18(7-9-19)5-2-1-3-11-24-15-16-26-13-4-12-25-14-10-23-20(24)21(25)26/h6-9,20-21,23H,1-5,10-17H2. The predicted octanol–water partition coefficient (Wildman–Crippen LogP) is 2.87. The third-order valence-electron chi connectivity index (χ3n) is 6.33. The predicted molar refractivity (Wildman–Crippen MR) is 112 cm³/mol. The van der Waals surface area contributed by atoms with Crippen LogP contribution in [0.5, 0.6) is 0 Å². The Hall–Kier alpha value is -0.460. The minimum atomic E-state index is 0.551. The van der Waals surface area contributed by atoms with Crippen LogP contribution < -0.4 is 5.32 Å². The third kappa shape index (κ3) is 4.33. The first kappa shape index (κ1) is 18.9. The summed E-state index contributed by atoms with van der Waals surface area (Å²) in [6, 6.07) is 9.07. The molecule has 3 aliphatic heterocycles. The first-order chi connectivity index (χ1) is 12.8. The maximum atomic E-state index is 3.82. The molecule has 0 spiro atoms. The van der Waals surface area contributed by atoms with E-state index in [-0.39, 0.29) is 0 Å². The van der Waals surface area contributed by atoms with E-state index in [1.165, 1.54) is 82.5 Å². The van der Waals surface area contributed by atoms with E-state index in [0.717, 1.165) is 11.9 Å². The highest BCUT2D eigenvalue weighted by atomic mass is 79.9. The van der Waals surface area contributed by atoms with Crippen molar-refractivity contribution in [1.82, 2.24) is 20.0 Å². The highest BCUT2D eigenvalue weighted by Gasteiger charge is 2.43. The molecule has 3 heterocycles. The monoisotopic (exact) mass is 420 g/mol. The van der Waals surface area contributed by atoms with E-state index in [2.05, 4.69) is 60.2 Å². The number of nitrogens with one attached hydrogen (secondary N) is 1. The van der Waals surface area contributed by atoms with Crippen molar-refractivity contribution in [2.24, 2.45) is 0 Å². The summed E-state index contributed by atoms with van der Waals surface area (Å²) in [5.41, 5.74) is 2.85. The molecule has 4 nitrogen and oxygen atoms in total. The maximum Gasteiger partial charge on any atom is 0.0920 e. The summed E-state index contributed by atoms with van der Waals surface area (Å²) < 4.78 is 0. The molecule has 3 saturated heterocycles. The third-order valence-corrected chi connectivity index (χ3v) is 6.98. The van der Waals surface area contributed by atoms with E-state index in [9.17, 15) is 0 Å². The van der Waals surface area contributed by atoms with Gasteiger partial charge in [-0.15, -0.1) is 0 Å². The van der Waals surface area contributed by atoms with Gasteiger partial charge in [0.05, 0.1) is 12.3 Å². The Morgan fingerprint density at radius 2 is 1.65 bits per heavy atom. The Morgan fingerprint density at radius 3 is 2.46 bits per heavy atom. The average molecular weight is 421 g/mol. The molecule has 144 valence electrons. The van der Waals surface area contributed by atoms with Crippen molar-refractivity contribution in [2.75, 3.05) is 45.8 Å². The Morgan fingerprint density at radius 1 is 0.885 bits per heavy atom. The van der Waals surface area contributed by atoms with Gasteiger partial charge in [-0.3, -0.25) is 20.0 Å². The number of unbranched alkanes of at least 4 members (excludes halogenated alkanes) is 2. The molecule has 2 atom stereocenters. The zero-order valence-corrected chi connectivity index (χ0v) is 17.5. The molecule has 3 aliphatic rings. The Kier molecular flexibility index (Phi) is 6.65. The largest absolute Gasteiger partial charge is 0.298 e. The van der Waals surface area contributed by atoms with Gasteiger partial charge < -0.3 is 0 Å². The van der Waals surface area contributed by atoms with Crippen molar-refractivity contribution >= 4 is 15.9 Å². The summed E-state index contributed by atoms with van der Waals surface area (Å²) >= 11 is 3.52. The van der Waals surface area contributed by atoms with E-state index in [0.29, 0.717) is 12.3 Å². The van der Waals surface area contributed by atoms with Crippen LogP contribution in [0, 0.1) is 0 Å². The van der Waals surface area contributed by atoms with Crippen molar-refractivity contribution in [3.8, 4) is 0 Å². The van der Waals surface area contributed by atoms with Gasteiger partial charge in [0.25, 0.3) is 0 Å². The molecule has 0 bridgehead atoms. The van der Waals surface area contributed by atoms with Gasteiger partial charge in [0.15, 0.2) is 0 Å². The van der Waals surface area contributed by atoms with Crippen LogP contribution in [-0.2, 0) is 11.8 Å². The van der Waals surface area contributed by atoms with E-state index in [1.54, 1.807) is 0 Å². The summed E-state index contributed by atoms with van der Waals surface area (Å²) in [4.78, 5) is 8.16. The van der Waals surface area contributed by atoms with Gasteiger partial charge >= 0.3 is 0 Å². The lowest BCUT2D eigenvalue weighted by Gasteiger charge is -2.56. The van der Waals surface area contributed by atoms with Crippen LogP contribution in [0.15, 0.2) is 24.3 Å². The second-order valence-electron chi connectivity index (χ2n) is 8.03. The fraction of sp³-hybridized carbons (Fsp3) is 0.714. The quantitative estimate of drug-likeness (QED) is 0.540. The van der Waals surface area contributed by atoms with E-state index in [4.69, 9.17) is 0 Å². The molecular weight excluding hydrogens is 388 g/mol. The maximum absolute atomic E-state index is 3.82. The summed E-state index contributed by atoms with van der Waals surface area (Å²) in [5, 5.41) is 4.77. The summed E-state index contributed by atoms with van der Waals surface area (Å²) in [6.45, 7) is 8.69. The number of halogens is 1. The molecule has 1 aromatic rings. The van der Waals surface area contributed by atoms with Crippen molar-refractivity contribution in [3.05, 3.63) is 35.4 Å². The average Bonchev–Trinajstić information content (AvgIpc) is 2.70. The number of nitrogens with zero attached hydrogens (tertiary/aromatic N) is 3. The molecule has 1 aromatic carbocycles. The fourth-order valence-corrected chi connectivity index (χ4v) is 5.28. The van der Waals surface area contributed by atoms with Crippen LogP contribution in [0.2, 0.25) is 0 Å². The molecular formula is C21H33BrN4. The zero-order chi connectivity index (χ0) is 17.8. The molecule has 3 fully saturated rings. The topological polar surface area (TPSA) is 21.8 Å². The minimum Gasteiger partial charge on any atom is -0.298 e. The fourth-order valence-electron chi connectivity index (χ4n) is 4.90. The van der Waals surface area contributed by atoms with Crippen molar-refractivity contribution in [2.45, 2.75) is 49.8 Å². The summed E-state index contributed by atoms with van der Waals surface area (Å²) in [7, 11) is 0. The molecule has 5 heteroatoms. The van der Waals surface area contributed by atoms with Crippen LogP contribution in [0.4, 0.5) is 0 Å². The first-order valence-electron chi connectivity index (χ1n) is 10.4. The number of hydrogen-bond donors (Lipinski definition) is 1. The smallest absolute Gasteiger partial charge is 0.0920 e. The van der Waals surface area contributed by atoms with Crippen molar-refractivity contribution < 1.29 is 0 Å². The van der Waals surface area contributed by atoms with Gasteiger partial charge in [-0.05, 0) is 43.4 Å². The van der Waals surface area contributed by atoms with Crippen LogP contribution in [0.25, 0.3) is 0 Å². The SMILES string of the molecule is BrCc1ccc(CCCCCN2CCN3CCCN4CCNC2C43)cc1. The molecule has 0 saturated carbocycles. The number of hydrogen-bond acceptors (Lipinski definition) is 4.